The number of hydrogen-bond donors (Lipinski definition) is 3. The Morgan fingerprint density at radius 3 is 2.58 bits per heavy atom. The zero-order chi connectivity index (χ0) is 14.3. The highest BCUT2D eigenvalue weighted by Crippen LogP contribution is 2.24. The van der Waals surface area contributed by atoms with Crippen LogP contribution in [0.5, 0.6) is 0 Å². The van der Waals surface area contributed by atoms with Crippen molar-refractivity contribution in [1.82, 2.24) is 0 Å². The van der Waals surface area contributed by atoms with Crippen LogP contribution in [0.15, 0.2) is 18.2 Å². The molecule has 0 saturated heterocycles. The van der Waals surface area contributed by atoms with Gasteiger partial charge in [-0.1, -0.05) is 0 Å². The van der Waals surface area contributed by atoms with E-state index in [1.807, 2.05) is 6.92 Å². The predicted octanol–water partition coefficient (Wildman–Crippen LogP) is 1.96. The molecular formula is C14H22N2O3. The maximum absolute atomic E-state index is 10.9. The molecule has 1 rings (SSSR count). The van der Waals surface area contributed by atoms with Crippen molar-refractivity contribution < 1.29 is 15.0 Å². The number of carbonyl (C=O) groups is 1. The lowest BCUT2D eigenvalue weighted by Crippen LogP contribution is -2.25. The number of carboxylic acids is 1. The normalized spacial score (nSPS) is 10.4. The highest BCUT2D eigenvalue weighted by Gasteiger charge is 2.11. The van der Waals surface area contributed by atoms with Crippen LogP contribution in [0.25, 0.3) is 0 Å². The van der Waals surface area contributed by atoms with Crippen LogP contribution < -0.4 is 10.6 Å². The van der Waals surface area contributed by atoms with Gasteiger partial charge in [0, 0.05) is 19.7 Å². The summed E-state index contributed by atoms with van der Waals surface area (Å²) in [6.07, 6.45) is 2.76. The topological polar surface area (TPSA) is 86.8 Å². The highest BCUT2D eigenvalue weighted by atomic mass is 16.4. The van der Waals surface area contributed by atoms with Crippen molar-refractivity contribution >= 4 is 17.3 Å². The number of rotatable bonds is 8. The van der Waals surface area contributed by atoms with E-state index in [0.717, 1.165) is 38.0 Å². The van der Waals surface area contributed by atoms with E-state index in [1.54, 1.807) is 12.1 Å². The molecule has 106 valence electrons. The smallest absolute Gasteiger partial charge is 0.335 e. The lowest BCUT2D eigenvalue weighted by Gasteiger charge is -2.24. The Bertz CT molecular complexity index is 421. The average Bonchev–Trinajstić information content (AvgIpc) is 2.39. The molecule has 5 heteroatoms. The van der Waals surface area contributed by atoms with Crippen LogP contribution in [0, 0.1) is 0 Å². The number of nitrogen functional groups attached to an aromatic ring is 1. The molecule has 19 heavy (non-hydrogen) atoms. The molecule has 0 heterocycles. The molecule has 1 aromatic rings. The van der Waals surface area contributed by atoms with E-state index in [-0.39, 0.29) is 12.2 Å². The van der Waals surface area contributed by atoms with Crippen LogP contribution in [0.1, 0.15) is 36.5 Å². The van der Waals surface area contributed by atoms with Crippen molar-refractivity contribution in [3.05, 3.63) is 23.8 Å². The Morgan fingerprint density at radius 2 is 2.05 bits per heavy atom. The average molecular weight is 266 g/mol. The molecule has 0 fully saturated rings. The number of nitrogens with two attached hydrogens (primary N) is 1. The Kier molecular flexibility index (Phi) is 6.15. The number of hydrogen-bond acceptors (Lipinski definition) is 4. The van der Waals surface area contributed by atoms with Gasteiger partial charge < -0.3 is 20.8 Å². The number of nitrogens with zero attached hydrogens (tertiary/aromatic N) is 1. The number of benzene rings is 1. The summed E-state index contributed by atoms with van der Waals surface area (Å²) in [6.45, 7) is 3.93. The molecule has 0 amide bonds. The van der Waals surface area contributed by atoms with E-state index < -0.39 is 5.97 Å². The van der Waals surface area contributed by atoms with Crippen LogP contribution in [-0.4, -0.2) is 35.9 Å². The summed E-state index contributed by atoms with van der Waals surface area (Å²) in [5.74, 6) is -0.968. The van der Waals surface area contributed by atoms with E-state index in [4.69, 9.17) is 15.9 Å². The third kappa shape index (κ3) is 4.44. The Morgan fingerprint density at radius 1 is 1.32 bits per heavy atom. The Labute approximate surface area is 113 Å². The maximum Gasteiger partial charge on any atom is 0.335 e. The first-order chi connectivity index (χ1) is 9.10. The number of unbranched alkanes of at least 4 members (excludes halogenated alkanes) is 2. The summed E-state index contributed by atoms with van der Waals surface area (Å²) >= 11 is 0. The minimum absolute atomic E-state index is 0.206. The van der Waals surface area contributed by atoms with Gasteiger partial charge in [0.25, 0.3) is 0 Å². The fourth-order valence-electron chi connectivity index (χ4n) is 2.02. The summed E-state index contributed by atoms with van der Waals surface area (Å²) < 4.78 is 0. The lowest BCUT2D eigenvalue weighted by molar-refractivity contribution is 0.0697. The van der Waals surface area contributed by atoms with Crippen LogP contribution in [-0.2, 0) is 0 Å². The molecule has 1 aromatic carbocycles. The van der Waals surface area contributed by atoms with Gasteiger partial charge in [0.15, 0.2) is 0 Å². The summed E-state index contributed by atoms with van der Waals surface area (Å²) in [4.78, 5) is 13.0. The molecule has 0 aliphatic carbocycles. The number of anilines is 2. The maximum atomic E-state index is 10.9. The van der Waals surface area contributed by atoms with E-state index >= 15 is 0 Å². The first kappa shape index (κ1) is 15.3. The quantitative estimate of drug-likeness (QED) is 0.494. The predicted molar refractivity (Wildman–Crippen MR) is 76.6 cm³/mol. The van der Waals surface area contributed by atoms with Gasteiger partial charge in [0.1, 0.15) is 0 Å². The molecule has 0 saturated carbocycles. The molecule has 0 aliphatic heterocycles. The molecule has 0 bridgehead atoms. The lowest BCUT2D eigenvalue weighted by atomic mass is 10.1. The van der Waals surface area contributed by atoms with Crippen LogP contribution in [0.3, 0.4) is 0 Å². The van der Waals surface area contributed by atoms with Crippen LogP contribution in [0.2, 0.25) is 0 Å². The van der Waals surface area contributed by atoms with Crippen molar-refractivity contribution in [2.75, 3.05) is 30.3 Å². The second-order valence-corrected chi connectivity index (χ2v) is 4.44. The largest absolute Gasteiger partial charge is 0.478 e. The van der Waals surface area contributed by atoms with Gasteiger partial charge in [0.2, 0.25) is 0 Å². The second kappa shape index (κ2) is 7.63. The zero-order valence-corrected chi connectivity index (χ0v) is 11.3. The van der Waals surface area contributed by atoms with Gasteiger partial charge in [-0.3, -0.25) is 0 Å². The summed E-state index contributed by atoms with van der Waals surface area (Å²) in [5.41, 5.74) is 7.49. The monoisotopic (exact) mass is 266 g/mol. The van der Waals surface area contributed by atoms with Gasteiger partial charge in [-0.25, -0.2) is 4.79 Å². The fourth-order valence-corrected chi connectivity index (χ4v) is 2.02. The van der Waals surface area contributed by atoms with Crippen molar-refractivity contribution in [3.63, 3.8) is 0 Å². The zero-order valence-electron chi connectivity index (χ0n) is 11.3. The minimum Gasteiger partial charge on any atom is -0.478 e. The standard InChI is InChI=1S/C14H22N2O3/c1-2-16(8-4-3-5-9-17)13-7-6-11(14(18)19)10-12(13)15/h6-7,10,17H,2-5,8-9,15H2,1H3,(H,18,19). The van der Waals surface area contributed by atoms with Gasteiger partial charge >= 0.3 is 5.97 Å². The molecule has 0 aliphatic rings. The molecule has 5 nitrogen and oxygen atoms in total. The van der Waals surface area contributed by atoms with Gasteiger partial charge in [-0.15, -0.1) is 0 Å². The van der Waals surface area contributed by atoms with Crippen LogP contribution >= 0.6 is 0 Å². The third-order valence-corrected chi connectivity index (χ3v) is 3.08. The Balaban J connectivity index is 2.72. The number of aliphatic hydroxyl groups is 1. The van der Waals surface area contributed by atoms with E-state index in [1.165, 1.54) is 6.07 Å². The summed E-state index contributed by atoms with van der Waals surface area (Å²) in [5, 5.41) is 17.6. The van der Waals surface area contributed by atoms with E-state index in [9.17, 15) is 4.79 Å². The number of aromatic carboxylic acids is 1. The third-order valence-electron chi connectivity index (χ3n) is 3.08. The van der Waals surface area contributed by atoms with Crippen molar-refractivity contribution in [2.45, 2.75) is 26.2 Å². The van der Waals surface area contributed by atoms with Crippen molar-refractivity contribution in [3.8, 4) is 0 Å². The molecule has 0 unspecified atom stereocenters. The van der Waals surface area contributed by atoms with E-state index in [0.29, 0.717) is 5.69 Å². The molecule has 0 radical (unpaired) electrons. The Hall–Kier alpha value is -1.75. The van der Waals surface area contributed by atoms with Crippen molar-refractivity contribution in [1.29, 1.82) is 0 Å². The summed E-state index contributed by atoms with van der Waals surface area (Å²) in [6, 6.07) is 4.83. The molecule has 4 N–H and O–H groups in total. The minimum atomic E-state index is -0.968. The van der Waals surface area contributed by atoms with Crippen molar-refractivity contribution in [2.24, 2.45) is 0 Å². The number of carboxylic acid groups (broad SMARTS) is 1. The highest BCUT2D eigenvalue weighted by molar-refractivity contribution is 5.90. The fraction of sp³-hybridized carbons (Fsp3) is 0.500. The van der Waals surface area contributed by atoms with Gasteiger partial charge in [-0.2, -0.15) is 0 Å². The first-order valence-corrected chi connectivity index (χ1v) is 6.58. The second-order valence-electron chi connectivity index (χ2n) is 4.44. The SMILES string of the molecule is CCN(CCCCCO)c1ccc(C(=O)O)cc1N. The molecule has 0 spiro atoms. The molecular weight excluding hydrogens is 244 g/mol. The summed E-state index contributed by atoms with van der Waals surface area (Å²) in [7, 11) is 0. The number of aliphatic hydroxyl groups excluding tert-OH is 1. The van der Waals surface area contributed by atoms with Crippen LogP contribution in [0.4, 0.5) is 11.4 Å². The first-order valence-electron chi connectivity index (χ1n) is 6.58. The molecule has 0 atom stereocenters. The van der Waals surface area contributed by atoms with E-state index in [2.05, 4.69) is 4.90 Å². The van der Waals surface area contributed by atoms with Gasteiger partial charge in [0.05, 0.1) is 16.9 Å². The molecule has 0 aromatic heterocycles. The van der Waals surface area contributed by atoms with Gasteiger partial charge in [-0.05, 0) is 44.4 Å².